The lowest BCUT2D eigenvalue weighted by atomic mass is 9.98. The highest BCUT2D eigenvalue weighted by atomic mass is 19.4. The molecule has 0 amide bonds. The van der Waals surface area contributed by atoms with Gasteiger partial charge in [-0.1, -0.05) is 54.6 Å². The van der Waals surface area contributed by atoms with Crippen molar-refractivity contribution >= 4 is 28.9 Å². The van der Waals surface area contributed by atoms with Gasteiger partial charge in [0.1, 0.15) is 11.9 Å². The zero-order valence-electron chi connectivity index (χ0n) is 23.8. The first-order valence-corrected chi connectivity index (χ1v) is 13.3. The molecule has 0 atom stereocenters. The number of fused-ring (bicyclic) bond motifs is 1. The second-order valence-corrected chi connectivity index (χ2v) is 9.79. The molecule has 240 valence electrons. The van der Waals surface area contributed by atoms with E-state index in [0.29, 0.717) is 0 Å². The van der Waals surface area contributed by atoms with E-state index in [0.717, 1.165) is 72.1 Å². The number of pyridine rings is 1. The Labute approximate surface area is 252 Å². The lowest BCUT2D eigenvalue weighted by Crippen LogP contribution is -3.12. The van der Waals surface area contributed by atoms with Gasteiger partial charge in [0.2, 0.25) is 5.95 Å². The van der Waals surface area contributed by atoms with Gasteiger partial charge < -0.3 is 35.3 Å². The minimum absolute atomic E-state index is 0.743. The van der Waals surface area contributed by atoms with Crippen molar-refractivity contribution in [3.8, 4) is 22.4 Å². The Hall–Kier alpha value is -4.83. The van der Waals surface area contributed by atoms with Gasteiger partial charge in [-0.25, -0.2) is 9.97 Å². The van der Waals surface area contributed by atoms with E-state index in [2.05, 4.69) is 77.3 Å². The van der Waals surface area contributed by atoms with E-state index in [1.165, 1.54) is 5.56 Å². The van der Waals surface area contributed by atoms with Crippen molar-refractivity contribution in [1.29, 1.82) is 0 Å². The molecule has 10 nitrogen and oxygen atoms in total. The van der Waals surface area contributed by atoms with Crippen molar-refractivity contribution in [1.82, 2.24) is 15.0 Å². The molecule has 3 heterocycles. The van der Waals surface area contributed by atoms with Crippen LogP contribution in [0.2, 0.25) is 0 Å². The number of hydrogen-bond donors (Lipinski definition) is 2. The lowest BCUT2D eigenvalue weighted by Gasteiger charge is -2.30. The zero-order chi connectivity index (χ0) is 33.4. The van der Waals surface area contributed by atoms with Crippen molar-refractivity contribution in [3.05, 3.63) is 72.4 Å². The number of aromatic nitrogens is 3. The molecule has 4 N–H and O–H groups in total. The molecule has 16 heteroatoms. The fourth-order valence-electron chi connectivity index (χ4n) is 4.08. The molecule has 0 aliphatic carbocycles. The Balaban J connectivity index is 0.000000331. The maximum absolute atomic E-state index is 10.5. The number of carbonyl (C=O) groups excluding carboxylic acids is 2. The van der Waals surface area contributed by atoms with Crippen LogP contribution in [-0.4, -0.2) is 72.5 Å². The Morgan fingerprint density at radius 2 is 1.40 bits per heavy atom. The van der Waals surface area contributed by atoms with E-state index in [1.54, 1.807) is 4.90 Å². The van der Waals surface area contributed by atoms with Crippen LogP contribution in [0.3, 0.4) is 0 Å². The van der Waals surface area contributed by atoms with E-state index < -0.39 is 24.3 Å². The van der Waals surface area contributed by atoms with Crippen molar-refractivity contribution in [2.45, 2.75) is 18.9 Å². The van der Waals surface area contributed by atoms with E-state index in [1.807, 2.05) is 12.3 Å². The third-order valence-electron chi connectivity index (χ3n) is 6.52. The van der Waals surface area contributed by atoms with Gasteiger partial charge in [0.05, 0.1) is 45.5 Å². The molecule has 1 saturated heterocycles. The summed E-state index contributed by atoms with van der Waals surface area (Å²) in [4.78, 5) is 36.0. The number of nitrogens with zero attached hydrogens (tertiary/aromatic N) is 4. The Kier molecular flexibility index (Phi) is 11.4. The van der Waals surface area contributed by atoms with Gasteiger partial charge in [0.15, 0.2) is 5.65 Å². The van der Waals surface area contributed by atoms with Crippen molar-refractivity contribution in [3.63, 3.8) is 0 Å². The Morgan fingerprint density at radius 1 is 0.867 bits per heavy atom. The summed E-state index contributed by atoms with van der Waals surface area (Å²) in [5, 5.41) is 18.5. The summed E-state index contributed by atoms with van der Waals surface area (Å²) in [6.07, 6.45) is -8.47. The fraction of sp³-hybridized carbons (Fsp3) is 0.276. The summed E-state index contributed by atoms with van der Waals surface area (Å²) in [7, 11) is 2.23. The van der Waals surface area contributed by atoms with E-state index >= 15 is 0 Å². The number of halogens is 6. The number of carboxylic acids is 2. The molecule has 1 aliphatic rings. The summed E-state index contributed by atoms with van der Waals surface area (Å²) < 4.78 is 63.1. The Bertz CT molecular complexity index is 1570. The van der Waals surface area contributed by atoms with Crippen LogP contribution < -0.4 is 25.7 Å². The second kappa shape index (κ2) is 14.8. The number of nitrogens with one attached hydrogen (secondary N) is 1. The van der Waals surface area contributed by atoms with Crippen LogP contribution in [0.25, 0.3) is 33.4 Å². The molecule has 0 spiro atoms. The molecular weight excluding hydrogens is 610 g/mol. The number of anilines is 1. The third kappa shape index (κ3) is 9.84. The average Bonchev–Trinajstić information content (AvgIpc) is 3.00. The minimum atomic E-state index is -5.19. The number of hydrogen-bond acceptors (Lipinski definition) is 8. The van der Waals surface area contributed by atoms with E-state index in [4.69, 9.17) is 29.8 Å². The molecule has 4 aromatic rings. The molecule has 45 heavy (non-hydrogen) atoms. The largest absolute Gasteiger partial charge is 0.542 e. The predicted molar refractivity (Wildman–Crippen MR) is 146 cm³/mol. The van der Waals surface area contributed by atoms with Crippen LogP contribution in [0.5, 0.6) is 0 Å². The molecule has 1 fully saturated rings. The van der Waals surface area contributed by atoms with Gasteiger partial charge in [0, 0.05) is 28.3 Å². The quantitative estimate of drug-likeness (QED) is 0.297. The van der Waals surface area contributed by atoms with Crippen molar-refractivity contribution in [2.24, 2.45) is 0 Å². The lowest BCUT2D eigenvalue weighted by molar-refractivity contribution is -0.880. The summed E-state index contributed by atoms with van der Waals surface area (Å²) in [5.74, 6) is -5.24. The molecular formula is C29H28F6N6O4. The molecule has 0 saturated carbocycles. The van der Waals surface area contributed by atoms with Gasteiger partial charge in [-0.3, -0.25) is 0 Å². The number of quaternary nitrogens is 2. The zero-order valence-corrected chi connectivity index (χ0v) is 23.8. The van der Waals surface area contributed by atoms with Gasteiger partial charge in [-0.05, 0) is 11.6 Å². The molecule has 1 aliphatic heterocycles. The maximum atomic E-state index is 10.5. The van der Waals surface area contributed by atoms with Crippen LogP contribution in [0, 0.1) is 0 Å². The number of piperazine rings is 1. The minimum Gasteiger partial charge on any atom is -0.542 e. The normalized spacial score (nSPS) is 13.7. The monoisotopic (exact) mass is 638 g/mol. The van der Waals surface area contributed by atoms with Gasteiger partial charge in [-0.15, -0.1) is 0 Å². The molecule has 2 aromatic carbocycles. The third-order valence-corrected chi connectivity index (χ3v) is 6.52. The van der Waals surface area contributed by atoms with Crippen LogP contribution >= 0.6 is 0 Å². The molecule has 0 bridgehead atoms. The van der Waals surface area contributed by atoms with Crippen LogP contribution in [0.15, 0.2) is 66.9 Å². The van der Waals surface area contributed by atoms with Crippen LogP contribution in [-0.2, 0) is 16.1 Å². The number of likely N-dealkylation sites (N-methyl/N-ethyl adjacent to an activating group) is 1. The number of benzene rings is 2. The first-order valence-electron chi connectivity index (χ1n) is 13.3. The first-order chi connectivity index (χ1) is 21.1. The fourth-order valence-corrected chi connectivity index (χ4v) is 4.08. The van der Waals surface area contributed by atoms with Crippen LogP contribution in [0.1, 0.15) is 5.56 Å². The summed E-state index contributed by atoms with van der Waals surface area (Å²) >= 11 is 0. The number of aliphatic carboxylic acids is 2. The smallest absolute Gasteiger partial charge is 0.430 e. The highest BCUT2D eigenvalue weighted by Gasteiger charge is 2.29. The van der Waals surface area contributed by atoms with E-state index in [-0.39, 0.29) is 0 Å². The first kappa shape index (κ1) is 34.7. The van der Waals surface area contributed by atoms with Gasteiger partial charge in [-0.2, -0.15) is 31.3 Å². The van der Waals surface area contributed by atoms with Gasteiger partial charge in [0.25, 0.3) is 0 Å². The topological polar surface area (TPSA) is 154 Å². The SMILES string of the molecule is C[NH+]1CCN(c2ncc3cc(-c4ccccc4)c(-c4ccc(C[NH3+])cc4)nc3n2)CC1.O=C([O-])C(F)(F)F.O=C([O-])C(F)(F)F. The second-order valence-electron chi connectivity index (χ2n) is 9.79. The number of rotatable bonds is 4. The number of alkyl halides is 6. The van der Waals surface area contributed by atoms with Crippen molar-refractivity contribution in [2.75, 3.05) is 38.1 Å². The molecule has 0 radical (unpaired) electrons. The molecule has 5 rings (SSSR count). The number of carboxylic acid groups (broad SMARTS) is 2. The molecule has 2 aromatic heterocycles. The van der Waals surface area contributed by atoms with Crippen molar-refractivity contribution < 1.29 is 56.8 Å². The van der Waals surface area contributed by atoms with E-state index in [9.17, 15) is 26.3 Å². The predicted octanol–water partition coefficient (Wildman–Crippen LogP) is 0.0326. The Morgan fingerprint density at radius 3 is 1.89 bits per heavy atom. The average molecular weight is 639 g/mol. The summed E-state index contributed by atoms with van der Waals surface area (Å²) in [5.41, 5.74) is 10.2. The van der Waals surface area contributed by atoms with Gasteiger partial charge >= 0.3 is 12.4 Å². The number of carbonyl (C=O) groups is 2. The maximum Gasteiger partial charge on any atom is 0.430 e. The summed E-state index contributed by atoms with van der Waals surface area (Å²) in [6, 6.07) is 21.1. The van der Waals surface area contributed by atoms with Crippen LogP contribution in [0.4, 0.5) is 32.3 Å². The highest BCUT2D eigenvalue weighted by molar-refractivity contribution is 5.90. The summed E-state index contributed by atoms with van der Waals surface area (Å²) in [6.45, 7) is 4.93. The standard InChI is InChI=1S/C25H26N6.2C2HF3O2/c1-30-11-13-31(14-12-30)25-27-17-21-15-22(19-5-3-2-4-6-19)23(28-24(21)29-25)20-9-7-18(16-26)8-10-20;2*3-2(4,5)1(6)7/h2-10,15,17H,11-14,16,26H2,1H3;2*(H,6,7). The highest BCUT2D eigenvalue weighted by Crippen LogP contribution is 2.33. The molecule has 0 unspecified atom stereocenters.